The number of methoxy groups -OCH3 is 1. The molecule has 5 rings (SSSR count). The highest BCUT2D eigenvalue weighted by atomic mass is 16.5. The fraction of sp³-hybridized carbons (Fsp3) is 0.594. The Bertz CT molecular complexity index is 1460. The molecule has 3 heterocycles. The zero-order valence-electron chi connectivity index (χ0n) is 25.7. The largest absolute Gasteiger partial charge is 0.379 e. The van der Waals surface area contributed by atoms with E-state index in [1.165, 1.54) is 12.8 Å². The molecular formula is C32H46N6O3. The third-order valence-corrected chi connectivity index (χ3v) is 9.25. The van der Waals surface area contributed by atoms with Crippen molar-refractivity contribution in [3.63, 3.8) is 0 Å². The van der Waals surface area contributed by atoms with E-state index in [9.17, 15) is 9.59 Å². The van der Waals surface area contributed by atoms with Crippen LogP contribution in [-0.2, 0) is 24.8 Å². The molecule has 2 N–H and O–H groups in total. The molecule has 3 aromatic rings. The number of hydrogen-bond donors (Lipinski definition) is 2. The summed E-state index contributed by atoms with van der Waals surface area (Å²) in [6, 6.07) is 5.19. The van der Waals surface area contributed by atoms with Crippen molar-refractivity contribution >= 4 is 22.5 Å². The number of carbonyl (C=O) groups is 1. The molecule has 222 valence electrons. The van der Waals surface area contributed by atoms with Gasteiger partial charge in [-0.1, -0.05) is 6.92 Å². The third kappa shape index (κ3) is 5.66. The van der Waals surface area contributed by atoms with Gasteiger partial charge in [0.15, 0.2) is 0 Å². The van der Waals surface area contributed by atoms with Crippen LogP contribution < -0.4 is 15.8 Å². The fourth-order valence-corrected chi connectivity index (χ4v) is 7.02. The third-order valence-electron chi connectivity index (χ3n) is 9.25. The second-order valence-corrected chi connectivity index (χ2v) is 12.2. The Hall–Kier alpha value is -3.17. The van der Waals surface area contributed by atoms with Crippen LogP contribution in [0.25, 0.3) is 10.9 Å². The quantitative estimate of drug-likeness (QED) is 0.405. The summed E-state index contributed by atoms with van der Waals surface area (Å²) >= 11 is 0. The SMILES string of the molecule is CCc1c(C(=O)NCc2c(C)cc(C)[nH]c2=O)cc2c(cnn2C)c1N(C(C)C)[C@H]1CC[C@@H](N2CC(OC)C2)CC1. The molecule has 9 heteroatoms. The zero-order valence-corrected chi connectivity index (χ0v) is 25.7. The summed E-state index contributed by atoms with van der Waals surface area (Å²) in [6.07, 6.45) is 7.64. The number of anilines is 1. The number of likely N-dealkylation sites (tertiary alicyclic amines) is 1. The number of amides is 1. The van der Waals surface area contributed by atoms with Crippen LogP contribution in [-0.4, -0.2) is 70.0 Å². The average Bonchev–Trinajstić information content (AvgIpc) is 3.28. The molecule has 1 aromatic carbocycles. The number of ether oxygens (including phenoxy) is 1. The van der Waals surface area contributed by atoms with Gasteiger partial charge in [-0.25, -0.2) is 0 Å². The molecule has 1 saturated carbocycles. The number of aromatic amines is 1. The summed E-state index contributed by atoms with van der Waals surface area (Å²) < 4.78 is 7.36. The standard InChI is InChI=1S/C32H46N6O3/c1-8-25-26(31(39)33-15-27-20(4)13-21(5)35-32(27)40)14-29-28(16-34-36(29)6)30(25)38(19(2)3)23-11-9-22(10-12-23)37-17-24(18-37)41-7/h13-14,16,19,22-24H,8-12,15,17-18H2,1-7H3,(H,33,39)(H,35,40)/t22-,23+. The van der Waals surface area contributed by atoms with E-state index >= 15 is 0 Å². The number of carbonyl (C=O) groups excluding carboxylic acids is 1. The number of rotatable bonds is 9. The maximum absolute atomic E-state index is 13.8. The summed E-state index contributed by atoms with van der Waals surface area (Å²) in [7, 11) is 3.74. The van der Waals surface area contributed by atoms with Gasteiger partial charge in [0.1, 0.15) is 0 Å². The van der Waals surface area contributed by atoms with Crippen LogP contribution in [0.5, 0.6) is 0 Å². The van der Waals surface area contributed by atoms with Crippen molar-refractivity contribution in [3.8, 4) is 0 Å². The van der Waals surface area contributed by atoms with E-state index in [2.05, 4.69) is 46.0 Å². The predicted octanol–water partition coefficient (Wildman–Crippen LogP) is 4.23. The molecule has 0 atom stereocenters. The van der Waals surface area contributed by atoms with E-state index in [1.807, 2.05) is 51.0 Å². The van der Waals surface area contributed by atoms with Gasteiger partial charge in [0, 0.05) is 74.1 Å². The molecule has 1 aliphatic carbocycles. The molecule has 41 heavy (non-hydrogen) atoms. The van der Waals surface area contributed by atoms with Crippen LogP contribution in [0, 0.1) is 13.8 Å². The number of H-pyrrole nitrogens is 1. The molecule has 2 fully saturated rings. The van der Waals surface area contributed by atoms with Gasteiger partial charge in [-0.05, 0) is 83.1 Å². The Balaban J connectivity index is 1.46. The summed E-state index contributed by atoms with van der Waals surface area (Å²) in [4.78, 5) is 34.4. The number of benzene rings is 1. The molecule has 1 saturated heterocycles. The van der Waals surface area contributed by atoms with Crippen molar-refractivity contribution in [2.75, 3.05) is 25.1 Å². The number of nitrogens with one attached hydrogen (secondary N) is 2. The van der Waals surface area contributed by atoms with Crippen molar-refractivity contribution in [1.29, 1.82) is 0 Å². The highest BCUT2D eigenvalue weighted by Gasteiger charge is 2.37. The molecule has 0 unspecified atom stereocenters. The van der Waals surface area contributed by atoms with Gasteiger partial charge >= 0.3 is 0 Å². The lowest BCUT2D eigenvalue weighted by atomic mass is 9.86. The van der Waals surface area contributed by atoms with E-state index in [4.69, 9.17) is 4.74 Å². The molecule has 9 nitrogen and oxygen atoms in total. The Morgan fingerprint density at radius 2 is 1.88 bits per heavy atom. The Morgan fingerprint density at radius 1 is 1.17 bits per heavy atom. The molecule has 0 radical (unpaired) electrons. The molecular weight excluding hydrogens is 516 g/mol. The molecule has 2 aromatic heterocycles. The summed E-state index contributed by atoms with van der Waals surface area (Å²) in [6.45, 7) is 12.7. The molecule has 0 spiro atoms. The van der Waals surface area contributed by atoms with Crippen LogP contribution in [0.15, 0.2) is 23.1 Å². The zero-order chi connectivity index (χ0) is 29.4. The number of pyridine rings is 1. The van der Waals surface area contributed by atoms with Gasteiger partial charge in [-0.2, -0.15) is 5.10 Å². The first-order valence-electron chi connectivity index (χ1n) is 15.1. The number of aryl methyl sites for hydroxylation is 3. The Labute approximate surface area is 243 Å². The number of hydrogen-bond acceptors (Lipinski definition) is 6. The van der Waals surface area contributed by atoms with Crippen molar-refractivity contribution in [2.45, 2.75) is 97.5 Å². The minimum Gasteiger partial charge on any atom is -0.379 e. The smallest absolute Gasteiger partial charge is 0.253 e. The van der Waals surface area contributed by atoms with Crippen molar-refractivity contribution in [1.82, 2.24) is 25.0 Å². The van der Waals surface area contributed by atoms with Crippen LogP contribution in [0.4, 0.5) is 5.69 Å². The summed E-state index contributed by atoms with van der Waals surface area (Å²) in [5, 5.41) is 8.76. The second kappa shape index (κ2) is 12.0. The van der Waals surface area contributed by atoms with Gasteiger partial charge in [0.05, 0.1) is 23.5 Å². The molecule has 1 amide bonds. The lowest BCUT2D eigenvalue weighted by Gasteiger charge is -2.48. The topological polar surface area (TPSA) is 95.5 Å². The minimum absolute atomic E-state index is 0.154. The van der Waals surface area contributed by atoms with Crippen molar-refractivity contribution < 1.29 is 9.53 Å². The van der Waals surface area contributed by atoms with Crippen LogP contribution in [0.1, 0.15) is 79.2 Å². The Morgan fingerprint density at radius 3 is 2.49 bits per heavy atom. The predicted molar refractivity (Wildman–Crippen MR) is 164 cm³/mol. The van der Waals surface area contributed by atoms with Gasteiger partial charge in [0.2, 0.25) is 0 Å². The monoisotopic (exact) mass is 562 g/mol. The summed E-state index contributed by atoms with van der Waals surface area (Å²) in [5.74, 6) is -0.163. The minimum atomic E-state index is -0.163. The highest BCUT2D eigenvalue weighted by molar-refractivity contribution is 6.05. The van der Waals surface area contributed by atoms with E-state index in [1.54, 1.807) is 0 Å². The van der Waals surface area contributed by atoms with Gasteiger partial charge in [-0.15, -0.1) is 0 Å². The Kier molecular flexibility index (Phi) is 8.57. The lowest BCUT2D eigenvalue weighted by Crippen LogP contribution is -2.57. The highest BCUT2D eigenvalue weighted by Crippen LogP contribution is 2.40. The van der Waals surface area contributed by atoms with Crippen LogP contribution >= 0.6 is 0 Å². The van der Waals surface area contributed by atoms with Gasteiger partial charge < -0.3 is 19.9 Å². The fourth-order valence-electron chi connectivity index (χ4n) is 7.02. The normalized spacial score (nSPS) is 20.0. The van der Waals surface area contributed by atoms with Crippen molar-refractivity contribution in [2.24, 2.45) is 7.05 Å². The molecule has 1 aliphatic heterocycles. The second-order valence-electron chi connectivity index (χ2n) is 12.2. The first-order valence-corrected chi connectivity index (χ1v) is 15.1. The number of nitrogens with zero attached hydrogens (tertiary/aromatic N) is 4. The van der Waals surface area contributed by atoms with E-state index in [0.29, 0.717) is 29.3 Å². The lowest BCUT2D eigenvalue weighted by molar-refractivity contribution is -0.0579. The number of aromatic nitrogens is 3. The summed E-state index contributed by atoms with van der Waals surface area (Å²) in [5.41, 5.74) is 5.90. The first kappa shape index (κ1) is 29.3. The van der Waals surface area contributed by atoms with E-state index < -0.39 is 0 Å². The van der Waals surface area contributed by atoms with E-state index in [-0.39, 0.29) is 24.1 Å². The van der Waals surface area contributed by atoms with Gasteiger partial charge in [-0.3, -0.25) is 19.2 Å². The molecule has 2 aliphatic rings. The first-order chi connectivity index (χ1) is 19.6. The molecule has 0 bridgehead atoms. The van der Waals surface area contributed by atoms with Crippen molar-refractivity contribution in [3.05, 3.63) is 56.6 Å². The average molecular weight is 563 g/mol. The van der Waals surface area contributed by atoms with E-state index in [0.717, 1.165) is 65.8 Å². The van der Waals surface area contributed by atoms with Crippen LogP contribution in [0.2, 0.25) is 0 Å². The maximum atomic E-state index is 13.8. The van der Waals surface area contributed by atoms with Crippen LogP contribution in [0.3, 0.4) is 0 Å². The number of fused-ring (bicyclic) bond motifs is 1. The maximum Gasteiger partial charge on any atom is 0.253 e. The van der Waals surface area contributed by atoms with Gasteiger partial charge in [0.25, 0.3) is 11.5 Å².